The third kappa shape index (κ3) is 3.53. The Morgan fingerprint density at radius 2 is 1.76 bits per heavy atom. The van der Waals surface area contributed by atoms with Crippen LogP contribution in [0.3, 0.4) is 0 Å². The molecule has 0 bridgehead atoms. The van der Waals surface area contributed by atoms with Crippen molar-refractivity contribution in [2.45, 2.75) is 32.7 Å². The van der Waals surface area contributed by atoms with Crippen LogP contribution in [-0.2, 0) is 11.2 Å². The summed E-state index contributed by atoms with van der Waals surface area (Å²) in [6.45, 7) is 3.53. The summed E-state index contributed by atoms with van der Waals surface area (Å²) in [4.78, 5) is 11.7. The van der Waals surface area contributed by atoms with E-state index in [2.05, 4.69) is 24.3 Å². The summed E-state index contributed by atoms with van der Waals surface area (Å²) >= 11 is 0. The predicted octanol–water partition coefficient (Wildman–Crippen LogP) is 4.52. The minimum atomic E-state index is 0.0242. The monoisotopic (exact) mass is 390 g/mol. The summed E-state index contributed by atoms with van der Waals surface area (Å²) in [6, 6.07) is 14.4. The van der Waals surface area contributed by atoms with Crippen molar-refractivity contribution >= 4 is 11.5 Å². The van der Waals surface area contributed by atoms with Gasteiger partial charge in [-0.05, 0) is 68.1 Å². The molecule has 1 aliphatic carbocycles. The lowest BCUT2D eigenvalue weighted by Gasteiger charge is -2.31. The van der Waals surface area contributed by atoms with Crippen molar-refractivity contribution in [3.63, 3.8) is 0 Å². The number of carbonyl (C=O) groups is 1. The second-order valence-corrected chi connectivity index (χ2v) is 7.61. The maximum atomic E-state index is 11.7. The number of aryl methyl sites for hydroxylation is 1. The van der Waals surface area contributed by atoms with Gasteiger partial charge in [0.2, 0.25) is 0 Å². The SMILES string of the molecule is COc1ccc([C@H]2[C@H]3CCc4cc(OC)ccc4C3=NN2/C(C)=C/C(C)=O)cc1. The van der Waals surface area contributed by atoms with Crippen molar-refractivity contribution in [2.24, 2.45) is 11.0 Å². The minimum absolute atomic E-state index is 0.0242. The minimum Gasteiger partial charge on any atom is -0.497 e. The van der Waals surface area contributed by atoms with E-state index < -0.39 is 0 Å². The second kappa shape index (κ2) is 7.74. The first-order valence-corrected chi connectivity index (χ1v) is 9.89. The lowest BCUT2D eigenvalue weighted by atomic mass is 9.77. The topological polar surface area (TPSA) is 51.1 Å². The van der Waals surface area contributed by atoms with Crippen molar-refractivity contribution in [3.8, 4) is 11.5 Å². The van der Waals surface area contributed by atoms with Gasteiger partial charge >= 0.3 is 0 Å². The number of hydrogen-bond acceptors (Lipinski definition) is 5. The van der Waals surface area contributed by atoms with Crippen molar-refractivity contribution < 1.29 is 14.3 Å². The maximum absolute atomic E-state index is 11.7. The first kappa shape index (κ1) is 19.2. The smallest absolute Gasteiger partial charge is 0.154 e. The molecule has 0 aromatic heterocycles. The summed E-state index contributed by atoms with van der Waals surface area (Å²) in [7, 11) is 3.36. The molecular formula is C24H26N2O3. The number of carbonyl (C=O) groups excluding carboxylic acids is 1. The zero-order chi connectivity index (χ0) is 20.5. The van der Waals surface area contributed by atoms with Crippen LogP contribution in [0.5, 0.6) is 11.5 Å². The normalized spacial score (nSPS) is 20.6. The molecule has 0 saturated carbocycles. The summed E-state index contributed by atoms with van der Waals surface area (Å²) in [5, 5.41) is 7.03. The van der Waals surface area contributed by atoms with Crippen LogP contribution in [-0.4, -0.2) is 30.7 Å². The van der Waals surface area contributed by atoms with Gasteiger partial charge in [-0.3, -0.25) is 9.80 Å². The fourth-order valence-electron chi connectivity index (χ4n) is 4.42. The molecule has 1 aliphatic heterocycles. The zero-order valence-corrected chi connectivity index (χ0v) is 17.3. The molecule has 0 fully saturated rings. The van der Waals surface area contributed by atoms with Crippen LogP contribution in [0, 0.1) is 5.92 Å². The summed E-state index contributed by atoms with van der Waals surface area (Å²) in [5.41, 5.74) is 5.56. The molecule has 2 atom stereocenters. The highest BCUT2D eigenvalue weighted by Gasteiger charge is 2.42. The Hall–Kier alpha value is -3.08. The molecule has 2 aliphatic rings. The molecule has 150 valence electrons. The van der Waals surface area contributed by atoms with Gasteiger partial charge in [-0.1, -0.05) is 12.1 Å². The van der Waals surface area contributed by atoms with Gasteiger partial charge in [0.25, 0.3) is 0 Å². The molecule has 0 amide bonds. The quantitative estimate of drug-likeness (QED) is 0.705. The van der Waals surface area contributed by atoms with Crippen molar-refractivity contribution in [2.75, 3.05) is 14.2 Å². The van der Waals surface area contributed by atoms with Crippen LogP contribution in [0.2, 0.25) is 0 Å². The van der Waals surface area contributed by atoms with E-state index in [1.807, 2.05) is 30.1 Å². The number of allylic oxidation sites excluding steroid dienone is 2. The Morgan fingerprint density at radius 3 is 2.41 bits per heavy atom. The molecule has 2 aromatic carbocycles. The van der Waals surface area contributed by atoms with Gasteiger partial charge in [-0.15, -0.1) is 0 Å². The van der Waals surface area contributed by atoms with Gasteiger partial charge in [0.05, 0.1) is 26.0 Å². The second-order valence-electron chi connectivity index (χ2n) is 7.61. The maximum Gasteiger partial charge on any atom is 0.154 e. The average Bonchev–Trinajstić information content (AvgIpc) is 3.13. The molecule has 0 unspecified atom stereocenters. The summed E-state index contributed by atoms with van der Waals surface area (Å²) in [5.74, 6) is 1.99. The third-order valence-corrected chi connectivity index (χ3v) is 5.76. The van der Waals surface area contributed by atoms with Crippen LogP contribution in [0.1, 0.15) is 43.0 Å². The zero-order valence-electron chi connectivity index (χ0n) is 17.3. The number of ketones is 1. The van der Waals surface area contributed by atoms with Crippen LogP contribution in [0.25, 0.3) is 0 Å². The summed E-state index contributed by atoms with van der Waals surface area (Å²) < 4.78 is 10.7. The fraction of sp³-hybridized carbons (Fsp3) is 0.333. The van der Waals surface area contributed by atoms with E-state index in [1.54, 1.807) is 27.2 Å². The Kier molecular flexibility index (Phi) is 5.14. The molecule has 29 heavy (non-hydrogen) atoms. The van der Waals surface area contributed by atoms with Gasteiger partial charge in [0.15, 0.2) is 5.78 Å². The van der Waals surface area contributed by atoms with Gasteiger partial charge in [0.1, 0.15) is 11.5 Å². The highest BCUT2D eigenvalue weighted by Crippen LogP contribution is 2.45. The van der Waals surface area contributed by atoms with E-state index in [-0.39, 0.29) is 17.7 Å². The van der Waals surface area contributed by atoms with E-state index >= 15 is 0 Å². The lowest BCUT2D eigenvalue weighted by molar-refractivity contribution is -0.112. The Bertz CT molecular complexity index is 992. The van der Waals surface area contributed by atoms with Crippen LogP contribution >= 0.6 is 0 Å². The first-order valence-electron chi connectivity index (χ1n) is 9.89. The largest absolute Gasteiger partial charge is 0.497 e. The average molecular weight is 390 g/mol. The van der Waals surface area contributed by atoms with Crippen LogP contribution < -0.4 is 9.47 Å². The standard InChI is InChI=1S/C24H26N2O3/c1-15(13-16(2)27)26-24(17-5-8-19(28-3)9-6-17)22-11-7-18-14-20(29-4)10-12-21(18)23(22)25-26/h5-6,8-10,12-14,22,24H,7,11H2,1-4H3/b15-13+/t22-,24-/m0/s1. The van der Waals surface area contributed by atoms with E-state index in [9.17, 15) is 4.79 Å². The van der Waals surface area contributed by atoms with E-state index in [1.165, 1.54) is 16.7 Å². The Balaban J connectivity index is 1.79. The van der Waals surface area contributed by atoms with Crippen molar-refractivity contribution in [1.82, 2.24) is 5.01 Å². The van der Waals surface area contributed by atoms with Crippen LogP contribution in [0.15, 0.2) is 59.3 Å². The molecule has 0 saturated heterocycles. The van der Waals surface area contributed by atoms with Gasteiger partial charge in [-0.2, -0.15) is 5.10 Å². The Labute approximate surface area is 171 Å². The van der Waals surface area contributed by atoms with Gasteiger partial charge in [0, 0.05) is 23.3 Å². The van der Waals surface area contributed by atoms with Gasteiger partial charge in [-0.25, -0.2) is 0 Å². The summed E-state index contributed by atoms with van der Waals surface area (Å²) in [6.07, 6.45) is 3.64. The fourth-order valence-corrected chi connectivity index (χ4v) is 4.42. The molecule has 5 nitrogen and oxygen atoms in total. The molecule has 0 spiro atoms. The number of hydrogen-bond donors (Lipinski definition) is 0. The first-order chi connectivity index (χ1) is 14.0. The Morgan fingerprint density at radius 1 is 1.07 bits per heavy atom. The van der Waals surface area contributed by atoms with Crippen molar-refractivity contribution in [1.29, 1.82) is 0 Å². The molecule has 1 heterocycles. The predicted molar refractivity (Wildman–Crippen MR) is 113 cm³/mol. The molecular weight excluding hydrogens is 364 g/mol. The van der Waals surface area contributed by atoms with E-state index in [0.717, 1.165) is 35.7 Å². The van der Waals surface area contributed by atoms with Gasteiger partial charge < -0.3 is 9.47 Å². The number of rotatable bonds is 5. The molecule has 0 radical (unpaired) electrons. The number of fused-ring (bicyclic) bond motifs is 3. The number of ether oxygens (including phenoxy) is 2. The molecule has 0 N–H and O–H groups in total. The molecule has 4 rings (SSSR count). The van der Waals surface area contributed by atoms with E-state index in [0.29, 0.717) is 0 Å². The number of methoxy groups -OCH3 is 2. The number of benzene rings is 2. The number of hydrazone groups is 1. The highest BCUT2D eigenvalue weighted by molar-refractivity contribution is 6.06. The highest BCUT2D eigenvalue weighted by atomic mass is 16.5. The molecule has 5 heteroatoms. The lowest BCUT2D eigenvalue weighted by Crippen LogP contribution is -2.28. The van der Waals surface area contributed by atoms with Crippen LogP contribution in [0.4, 0.5) is 0 Å². The third-order valence-electron chi connectivity index (χ3n) is 5.76. The van der Waals surface area contributed by atoms with Crippen molar-refractivity contribution in [3.05, 3.63) is 70.9 Å². The van der Waals surface area contributed by atoms with E-state index in [4.69, 9.17) is 14.6 Å². The number of nitrogens with zero attached hydrogens (tertiary/aromatic N) is 2. The molecule has 2 aromatic rings.